The fourth-order valence-electron chi connectivity index (χ4n) is 2.23. The largest absolute Gasteiger partial charge is 0.370 e. The van der Waals surface area contributed by atoms with Gasteiger partial charge in [0, 0.05) is 32.2 Å². The first-order valence-electron chi connectivity index (χ1n) is 7.01. The lowest BCUT2D eigenvalue weighted by Gasteiger charge is -2.22. The van der Waals surface area contributed by atoms with Gasteiger partial charge in [0.2, 0.25) is 5.95 Å². The van der Waals surface area contributed by atoms with Crippen LogP contribution in [-0.4, -0.2) is 54.6 Å². The van der Waals surface area contributed by atoms with Crippen molar-refractivity contribution < 1.29 is 0 Å². The second-order valence-corrected chi connectivity index (χ2v) is 5.04. The van der Waals surface area contributed by atoms with Gasteiger partial charge >= 0.3 is 0 Å². The van der Waals surface area contributed by atoms with Gasteiger partial charge in [0.05, 0.1) is 0 Å². The van der Waals surface area contributed by atoms with Crippen molar-refractivity contribution in [2.75, 3.05) is 55.7 Å². The maximum absolute atomic E-state index is 5.80. The fraction of sp³-hybridized carbons (Fsp3) is 0.692. The van der Waals surface area contributed by atoms with Crippen LogP contribution in [0.3, 0.4) is 0 Å². The van der Waals surface area contributed by atoms with E-state index >= 15 is 0 Å². The summed E-state index contributed by atoms with van der Waals surface area (Å²) in [6.45, 7) is 7.23. The van der Waals surface area contributed by atoms with Gasteiger partial charge in [-0.25, -0.2) is 0 Å². The van der Waals surface area contributed by atoms with Crippen molar-refractivity contribution in [3.05, 3.63) is 6.07 Å². The quantitative estimate of drug-likeness (QED) is 0.846. The minimum absolute atomic E-state index is 0.341. The van der Waals surface area contributed by atoms with Gasteiger partial charge in [0.1, 0.15) is 11.6 Å². The Kier molecular flexibility index (Phi) is 4.79. The third-order valence-electron chi connectivity index (χ3n) is 3.33. The van der Waals surface area contributed by atoms with Crippen LogP contribution in [0.1, 0.15) is 19.8 Å². The molecule has 2 rings (SSSR count). The highest BCUT2D eigenvalue weighted by molar-refractivity contribution is 5.52. The summed E-state index contributed by atoms with van der Waals surface area (Å²) in [6.07, 6.45) is 2.21. The lowest BCUT2D eigenvalue weighted by Crippen LogP contribution is -2.29. The summed E-state index contributed by atoms with van der Waals surface area (Å²) in [6, 6.07) is 2.00. The van der Waals surface area contributed by atoms with Crippen molar-refractivity contribution >= 4 is 17.6 Å². The molecular formula is C13H24N6. The Morgan fingerprint density at radius 3 is 2.89 bits per heavy atom. The smallest absolute Gasteiger partial charge is 0.223 e. The average molecular weight is 264 g/mol. The first-order chi connectivity index (χ1) is 9.19. The van der Waals surface area contributed by atoms with E-state index in [0.29, 0.717) is 5.95 Å². The second-order valence-electron chi connectivity index (χ2n) is 5.04. The summed E-state index contributed by atoms with van der Waals surface area (Å²) in [5.41, 5.74) is 5.80. The van der Waals surface area contributed by atoms with Gasteiger partial charge in [-0.1, -0.05) is 6.92 Å². The van der Waals surface area contributed by atoms with E-state index in [1.165, 1.54) is 0 Å². The van der Waals surface area contributed by atoms with E-state index in [4.69, 9.17) is 5.73 Å². The Bertz CT molecular complexity index is 408. The van der Waals surface area contributed by atoms with E-state index in [2.05, 4.69) is 39.1 Å². The van der Waals surface area contributed by atoms with Crippen molar-refractivity contribution in [2.24, 2.45) is 0 Å². The van der Waals surface area contributed by atoms with Crippen molar-refractivity contribution in [3.8, 4) is 0 Å². The summed E-state index contributed by atoms with van der Waals surface area (Å²) in [5, 5.41) is 3.27. The first-order valence-corrected chi connectivity index (χ1v) is 7.01. The van der Waals surface area contributed by atoms with Crippen molar-refractivity contribution in [3.63, 3.8) is 0 Å². The Labute approximate surface area is 115 Å². The number of rotatable bonds is 4. The monoisotopic (exact) mass is 264 g/mol. The maximum atomic E-state index is 5.80. The molecule has 0 amide bonds. The molecule has 1 aromatic rings. The van der Waals surface area contributed by atoms with Crippen LogP contribution in [0.15, 0.2) is 6.07 Å². The van der Waals surface area contributed by atoms with Gasteiger partial charge in [-0.05, 0) is 26.4 Å². The molecule has 1 fully saturated rings. The molecule has 0 radical (unpaired) electrons. The summed E-state index contributed by atoms with van der Waals surface area (Å²) < 4.78 is 0. The van der Waals surface area contributed by atoms with Crippen LogP contribution >= 0.6 is 0 Å². The van der Waals surface area contributed by atoms with Crippen LogP contribution in [0.2, 0.25) is 0 Å². The summed E-state index contributed by atoms with van der Waals surface area (Å²) >= 11 is 0. The molecule has 19 heavy (non-hydrogen) atoms. The van der Waals surface area contributed by atoms with Crippen LogP contribution < -0.4 is 16.0 Å². The molecule has 1 aliphatic heterocycles. The highest BCUT2D eigenvalue weighted by Gasteiger charge is 2.15. The molecule has 0 spiro atoms. The molecule has 1 aromatic heterocycles. The van der Waals surface area contributed by atoms with E-state index in [9.17, 15) is 0 Å². The first kappa shape index (κ1) is 13.9. The zero-order valence-electron chi connectivity index (χ0n) is 11.9. The molecule has 106 valence electrons. The molecule has 1 aliphatic rings. The molecule has 0 aromatic carbocycles. The Hall–Kier alpha value is -1.56. The molecule has 0 saturated carbocycles. The average Bonchev–Trinajstić information content (AvgIpc) is 2.60. The number of nitrogens with one attached hydrogen (secondary N) is 1. The standard InChI is InChI=1S/C13H24N6/c1-3-5-15-11-10-12(17-13(14)16-11)19-7-4-6-18(2)8-9-19/h10H,3-9H2,1-2H3,(H3,14,15,16,17). The van der Waals surface area contributed by atoms with Gasteiger partial charge in [0.25, 0.3) is 0 Å². The lowest BCUT2D eigenvalue weighted by molar-refractivity contribution is 0.360. The van der Waals surface area contributed by atoms with Crippen LogP contribution in [0.4, 0.5) is 17.6 Å². The molecule has 1 saturated heterocycles. The van der Waals surface area contributed by atoms with Crippen molar-refractivity contribution in [1.29, 1.82) is 0 Å². The molecule has 0 aliphatic carbocycles. The Balaban J connectivity index is 2.11. The molecular weight excluding hydrogens is 240 g/mol. The topological polar surface area (TPSA) is 70.3 Å². The van der Waals surface area contributed by atoms with Crippen LogP contribution in [0.25, 0.3) is 0 Å². The molecule has 0 bridgehead atoms. The predicted octanol–water partition coefficient (Wildman–Crippen LogP) is 1.02. The molecule has 0 unspecified atom stereocenters. The van der Waals surface area contributed by atoms with Crippen molar-refractivity contribution in [2.45, 2.75) is 19.8 Å². The van der Waals surface area contributed by atoms with Crippen molar-refractivity contribution in [1.82, 2.24) is 14.9 Å². The predicted molar refractivity (Wildman–Crippen MR) is 79.6 cm³/mol. The molecule has 6 heteroatoms. The maximum Gasteiger partial charge on any atom is 0.223 e. The number of hydrogen-bond donors (Lipinski definition) is 2. The number of nitrogens with two attached hydrogens (primary N) is 1. The zero-order valence-corrected chi connectivity index (χ0v) is 11.9. The number of aromatic nitrogens is 2. The van der Waals surface area contributed by atoms with Crippen LogP contribution in [-0.2, 0) is 0 Å². The van der Waals surface area contributed by atoms with Gasteiger partial charge < -0.3 is 20.9 Å². The van der Waals surface area contributed by atoms with E-state index in [0.717, 1.165) is 57.2 Å². The number of hydrogen-bond acceptors (Lipinski definition) is 6. The lowest BCUT2D eigenvalue weighted by atomic mass is 10.3. The number of nitrogens with zero attached hydrogens (tertiary/aromatic N) is 4. The van der Waals surface area contributed by atoms with E-state index in [-0.39, 0.29) is 0 Å². The number of anilines is 3. The normalized spacial score (nSPS) is 17.3. The minimum atomic E-state index is 0.341. The Morgan fingerprint density at radius 1 is 1.26 bits per heavy atom. The Morgan fingerprint density at radius 2 is 2.11 bits per heavy atom. The van der Waals surface area contributed by atoms with Gasteiger partial charge in [-0.2, -0.15) is 9.97 Å². The van der Waals surface area contributed by atoms with Gasteiger partial charge in [0.15, 0.2) is 0 Å². The molecule has 0 atom stereocenters. The highest BCUT2D eigenvalue weighted by atomic mass is 15.3. The zero-order chi connectivity index (χ0) is 13.7. The third kappa shape index (κ3) is 3.96. The van der Waals surface area contributed by atoms with E-state index < -0.39 is 0 Å². The molecule has 6 nitrogen and oxygen atoms in total. The van der Waals surface area contributed by atoms with Crippen LogP contribution in [0, 0.1) is 0 Å². The molecule has 2 heterocycles. The summed E-state index contributed by atoms with van der Waals surface area (Å²) in [5.74, 6) is 2.09. The summed E-state index contributed by atoms with van der Waals surface area (Å²) in [7, 11) is 2.16. The minimum Gasteiger partial charge on any atom is -0.370 e. The SMILES string of the molecule is CCCNc1cc(N2CCCN(C)CC2)nc(N)n1. The van der Waals surface area contributed by atoms with E-state index in [1.807, 2.05) is 6.07 Å². The van der Waals surface area contributed by atoms with Gasteiger partial charge in [-0.3, -0.25) is 0 Å². The van der Waals surface area contributed by atoms with Gasteiger partial charge in [-0.15, -0.1) is 0 Å². The molecule has 3 N–H and O–H groups in total. The second kappa shape index (κ2) is 6.56. The third-order valence-corrected chi connectivity index (χ3v) is 3.33. The fourth-order valence-corrected chi connectivity index (χ4v) is 2.23. The highest BCUT2D eigenvalue weighted by Crippen LogP contribution is 2.18. The number of nitrogen functional groups attached to an aromatic ring is 1. The van der Waals surface area contributed by atoms with E-state index in [1.54, 1.807) is 0 Å². The van der Waals surface area contributed by atoms with Crippen LogP contribution in [0.5, 0.6) is 0 Å². The number of likely N-dealkylation sites (N-methyl/N-ethyl adjacent to an activating group) is 1. The summed E-state index contributed by atoms with van der Waals surface area (Å²) in [4.78, 5) is 13.2.